The summed E-state index contributed by atoms with van der Waals surface area (Å²) in [6.45, 7) is 4.05. The molecule has 2 heterocycles. The lowest BCUT2D eigenvalue weighted by molar-refractivity contribution is -0.130. The summed E-state index contributed by atoms with van der Waals surface area (Å²) in [6.07, 6.45) is 2.81. The zero-order valence-corrected chi connectivity index (χ0v) is 13.6. The molecule has 2 aliphatic rings. The number of rotatable bonds is 5. The van der Waals surface area contributed by atoms with Crippen LogP contribution in [0.2, 0.25) is 0 Å². The third-order valence-electron chi connectivity index (χ3n) is 4.03. The molecule has 2 aliphatic heterocycles. The quantitative estimate of drug-likeness (QED) is 0.684. The number of carbonyl (C=O) groups is 2. The molecule has 0 aliphatic carbocycles. The van der Waals surface area contributed by atoms with E-state index in [1.54, 1.807) is 0 Å². The Hall–Kier alpha value is -1.18. The Kier molecular flexibility index (Phi) is 6.60. The molecule has 2 rings (SSSR count). The molecular formula is C15H28N4O3. The van der Waals surface area contributed by atoms with E-state index in [0.29, 0.717) is 19.7 Å². The monoisotopic (exact) mass is 312 g/mol. The number of likely N-dealkylation sites (N-methyl/N-ethyl adjacent to an activating group) is 1. The summed E-state index contributed by atoms with van der Waals surface area (Å²) >= 11 is 0. The molecule has 0 aromatic carbocycles. The van der Waals surface area contributed by atoms with E-state index >= 15 is 0 Å². The average Bonchev–Trinajstić information content (AvgIpc) is 2.64. The van der Waals surface area contributed by atoms with E-state index in [-0.39, 0.29) is 24.0 Å². The van der Waals surface area contributed by atoms with Crippen molar-refractivity contribution in [1.29, 1.82) is 0 Å². The fourth-order valence-electron chi connectivity index (χ4n) is 2.96. The molecule has 0 aromatic heterocycles. The third kappa shape index (κ3) is 5.55. The fourth-order valence-corrected chi connectivity index (χ4v) is 2.96. The molecule has 0 saturated carbocycles. The molecule has 0 bridgehead atoms. The highest BCUT2D eigenvalue weighted by atomic mass is 16.5. The number of amides is 2. The number of nitrogens with zero attached hydrogens (tertiary/aromatic N) is 2. The Labute approximate surface area is 132 Å². The van der Waals surface area contributed by atoms with Gasteiger partial charge in [-0.2, -0.15) is 0 Å². The molecule has 2 fully saturated rings. The highest BCUT2D eigenvalue weighted by Gasteiger charge is 2.26. The Balaban J connectivity index is 1.77. The van der Waals surface area contributed by atoms with Crippen molar-refractivity contribution in [2.24, 2.45) is 0 Å². The van der Waals surface area contributed by atoms with Crippen molar-refractivity contribution in [1.82, 2.24) is 20.4 Å². The van der Waals surface area contributed by atoms with Crippen molar-refractivity contribution in [2.75, 3.05) is 53.4 Å². The Morgan fingerprint density at radius 1 is 1.45 bits per heavy atom. The van der Waals surface area contributed by atoms with Crippen LogP contribution in [0.15, 0.2) is 0 Å². The molecule has 0 spiro atoms. The van der Waals surface area contributed by atoms with Gasteiger partial charge in [-0.1, -0.05) is 0 Å². The topological polar surface area (TPSA) is 73.9 Å². The van der Waals surface area contributed by atoms with Crippen LogP contribution < -0.4 is 10.6 Å². The molecule has 2 N–H and O–H groups in total. The second kappa shape index (κ2) is 8.45. The van der Waals surface area contributed by atoms with Crippen LogP contribution >= 0.6 is 0 Å². The van der Waals surface area contributed by atoms with E-state index in [1.165, 1.54) is 0 Å². The van der Waals surface area contributed by atoms with Gasteiger partial charge in [0.15, 0.2) is 0 Å². The molecule has 0 radical (unpaired) electrons. The van der Waals surface area contributed by atoms with Crippen LogP contribution in [0.3, 0.4) is 0 Å². The summed E-state index contributed by atoms with van der Waals surface area (Å²) in [7, 11) is 4.03. The van der Waals surface area contributed by atoms with Crippen LogP contribution in [0.4, 0.5) is 0 Å². The van der Waals surface area contributed by atoms with Crippen molar-refractivity contribution in [2.45, 2.75) is 31.4 Å². The smallest absolute Gasteiger partial charge is 0.242 e. The van der Waals surface area contributed by atoms with Gasteiger partial charge < -0.3 is 20.3 Å². The first-order valence-electron chi connectivity index (χ1n) is 8.10. The van der Waals surface area contributed by atoms with Gasteiger partial charge in [0, 0.05) is 26.2 Å². The lowest BCUT2D eigenvalue weighted by Gasteiger charge is -2.33. The van der Waals surface area contributed by atoms with Crippen LogP contribution in [0.1, 0.15) is 19.3 Å². The highest BCUT2D eigenvalue weighted by molar-refractivity contribution is 5.88. The second-order valence-electron chi connectivity index (χ2n) is 6.40. The van der Waals surface area contributed by atoms with Crippen molar-refractivity contribution < 1.29 is 14.3 Å². The standard InChI is InChI=1S/C15H28N4O3/c1-18(2)9-12-10-19(7-8-22-12)11-14(20)17-13-5-3-4-6-16-15(13)21/h12-13H,3-11H2,1-2H3,(H,16,21)(H,17,20). The van der Waals surface area contributed by atoms with Gasteiger partial charge in [0.2, 0.25) is 11.8 Å². The minimum Gasteiger partial charge on any atom is -0.374 e. The molecule has 126 valence electrons. The SMILES string of the molecule is CN(C)CC1CN(CC(=O)NC2CCCCNC2=O)CCO1. The van der Waals surface area contributed by atoms with Gasteiger partial charge in [-0.3, -0.25) is 14.5 Å². The van der Waals surface area contributed by atoms with Crippen LogP contribution in [0, 0.1) is 0 Å². The van der Waals surface area contributed by atoms with Gasteiger partial charge in [-0.15, -0.1) is 0 Å². The van der Waals surface area contributed by atoms with Gasteiger partial charge in [0.05, 0.1) is 19.3 Å². The minimum absolute atomic E-state index is 0.0571. The van der Waals surface area contributed by atoms with E-state index in [9.17, 15) is 9.59 Å². The Morgan fingerprint density at radius 3 is 3.05 bits per heavy atom. The van der Waals surface area contributed by atoms with Gasteiger partial charge in [0.1, 0.15) is 6.04 Å². The molecule has 2 amide bonds. The number of carbonyl (C=O) groups excluding carboxylic acids is 2. The fraction of sp³-hybridized carbons (Fsp3) is 0.867. The van der Waals surface area contributed by atoms with Crippen LogP contribution in [0.5, 0.6) is 0 Å². The van der Waals surface area contributed by atoms with E-state index in [2.05, 4.69) is 20.4 Å². The van der Waals surface area contributed by atoms with E-state index in [1.807, 2.05) is 14.1 Å². The lowest BCUT2D eigenvalue weighted by atomic mass is 10.1. The molecule has 2 unspecified atom stereocenters. The number of nitrogens with one attached hydrogen (secondary N) is 2. The highest BCUT2D eigenvalue weighted by Crippen LogP contribution is 2.07. The van der Waals surface area contributed by atoms with Gasteiger partial charge in [-0.05, 0) is 33.4 Å². The first-order valence-corrected chi connectivity index (χ1v) is 8.10. The maximum Gasteiger partial charge on any atom is 0.242 e. The molecule has 0 aromatic rings. The Morgan fingerprint density at radius 2 is 2.27 bits per heavy atom. The predicted octanol–water partition coefficient (Wildman–Crippen LogP) is -0.966. The summed E-state index contributed by atoms with van der Waals surface area (Å²) in [4.78, 5) is 28.2. The maximum atomic E-state index is 12.2. The van der Waals surface area contributed by atoms with Gasteiger partial charge >= 0.3 is 0 Å². The van der Waals surface area contributed by atoms with Crippen LogP contribution in [0.25, 0.3) is 0 Å². The normalized spacial score (nSPS) is 27.3. The Bertz CT molecular complexity index is 389. The summed E-state index contributed by atoms with van der Waals surface area (Å²) in [5.41, 5.74) is 0. The molecule has 2 atom stereocenters. The number of hydrogen-bond donors (Lipinski definition) is 2. The largest absolute Gasteiger partial charge is 0.374 e. The lowest BCUT2D eigenvalue weighted by Crippen LogP contribution is -2.52. The van der Waals surface area contributed by atoms with E-state index in [0.717, 1.165) is 38.9 Å². The maximum absolute atomic E-state index is 12.2. The van der Waals surface area contributed by atoms with Crippen molar-refractivity contribution in [3.63, 3.8) is 0 Å². The second-order valence-corrected chi connectivity index (χ2v) is 6.40. The summed E-state index contributed by atoms with van der Waals surface area (Å²) in [5, 5.41) is 5.71. The molecule has 2 saturated heterocycles. The number of ether oxygens (including phenoxy) is 1. The zero-order valence-electron chi connectivity index (χ0n) is 13.6. The van der Waals surface area contributed by atoms with Crippen molar-refractivity contribution in [3.8, 4) is 0 Å². The van der Waals surface area contributed by atoms with Gasteiger partial charge in [-0.25, -0.2) is 0 Å². The number of hydrogen-bond acceptors (Lipinski definition) is 5. The van der Waals surface area contributed by atoms with Crippen molar-refractivity contribution in [3.05, 3.63) is 0 Å². The molecule has 7 heteroatoms. The predicted molar refractivity (Wildman–Crippen MR) is 83.5 cm³/mol. The zero-order chi connectivity index (χ0) is 15.9. The van der Waals surface area contributed by atoms with Crippen LogP contribution in [-0.2, 0) is 14.3 Å². The first kappa shape index (κ1) is 17.2. The molecule has 7 nitrogen and oxygen atoms in total. The minimum atomic E-state index is -0.381. The molecular weight excluding hydrogens is 284 g/mol. The third-order valence-corrected chi connectivity index (χ3v) is 4.03. The molecule has 22 heavy (non-hydrogen) atoms. The number of morpholine rings is 1. The summed E-state index contributed by atoms with van der Waals surface area (Å²) in [5.74, 6) is -0.133. The first-order chi connectivity index (χ1) is 10.5. The van der Waals surface area contributed by atoms with E-state index < -0.39 is 0 Å². The average molecular weight is 312 g/mol. The van der Waals surface area contributed by atoms with Crippen LogP contribution in [-0.4, -0.2) is 87.2 Å². The van der Waals surface area contributed by atoms with Gasteiger partial charge in [0.25, 0.3) is 0 Å². The van der Waals surface area contributed by atoms with Crippen molar-refractivity contribution >= 4 is 11.8 Å². The summed E-state index contributed by atoms with van der Waals surface area (Å²) in [6, 6.07) is -0.381. The van der Waals surface area contributed by atoms with E-state index in [4.69, 9.17) is 4.74 Å². The summed E-state index contributed by atoms with van der Waals surface area (Å²) < 4.78 is 5.70.